The lowest BCUT2D eigenvalue weighted by Crippen LogP contribution is -2.45. The molecule has 7 heteroatoms. The molecule has 0 saturated carbocycles. The molecule has 7 nitrogen and oxygen atoms in total. The molecule has 4 heterocycles. The van der Waals surface area contributed by atoms with Crippen LogP contribution >= 0.6 is 0 Å². The van der Waals surface area contributed by atoms with Crippen LogP contribution in [0.2, 0.25) is 0 Å². The first-order chi connectivity index (χ1) is 13.6. The molecule has 0 bridgehead atoms. The van der Waals surface area contributed by atoms with Crippen LogP contribution in [0.5, 0.6) is 0 Å². The van der Waals surface area contributed by atoms with Gasteiger partial charge in [-0.3, -0.25) is 14.0 Å². The maximum Gasteiger partial charge on any atom is 0.259 e. The molecule has 0 N–H and O–H groups in total. The molecule has 2 aliphatic rings. The van der Waals surface area contributed by atoms with E-state index in [0.29, 0.717) is 30.0 Å². The van der Waals surface area contributed by atoms with Gasteiger partial charge < -0.3 is 14.6 Å². The number of pyridine rings is 1. The maximum absolute atomic E-state index is 13.3. The number of carbonyl (C=O) groups excluding carboxylic acids is 2. The summed E-state index contributed by atoms with van der Waals surface area (Å²) >= 11 is 0. The van der Waals surface area contributed by atoms with Crippen LogP contribution in [-0.2, 0) is 4.79 Å². The number of fused-ring (bicyclic) bond motifs is 1. The minimum atomic E-state index is -0.404. The van der Waals surface area contributed by atoms with Gasteiger partial charge in [0.05, 0.1) is 11.6 Å². The smallest absolute Gasteiger partial charge is 0.259 e. The Kier molecular flexibility index (Phi) is 5.15. The van der Waals surface area contributed by atoms with E-state index in [9.17, 15) is 14.4 Å². The van der Waals surface area contributed by atoms with Crippen molar-refractivity contribution in [2.75, 3.05) is 24.5 Å². The van der Waals surface area contributed by atoms with Crippen LogP contribution < -0.4 is 10.5 Å². The van der Waals surface area contributed by atoms with E-state index in [0.717, 1.165) is 50.6 Å². The van der Waals surface area contributed by atoms with Gasteiger partial charge in [-0.2, -0.15) is 0 Å². The Labute approximate surface area is 164 Å². The zero-order valence-corrected chi connectivity index (χ0v) is 16.3. The summed E-state index contributed by atoms with van der Waals surface area (Å²) < 4.78 is 1.45. The Morgan fingerprint density at radius 2 is 1.86 bits per heavy atom. The van der Waals surface area contributed by atoms with Gasteiger partial charge in [-0.25, -0.2) is 4.98 Å². The Bertz CT molecular complexity index is 962. The van der Waals surface area contributed by atoms with Gasteiger partial charge in [0.1, 0.15) is 12.1 Å². The van der Waals surface area contributed by atoms with Crippen molar-refractivity contribution in [1.29, 1.82) is 0 Å². The number of piperidine rings is 2. The van der Waals surface area contributed by atoms with Crippen LogP contribution in [0.4, 0.5) is 5.82 Å². The molecule has 2 aliphatic heterocycles. The summed E-state index contributed by atoms with van der Waals surface area (Å²) in [6.45, 7) is 4.15. The van der Waals surface area contributed by atoms with Crippen molar-refractivity contribution in [1.82, 2.24) is 14.3 Å². The molecular formula is C21H26N4O3. The van der Waals surface area contributed by atoms with Gasteiger partial charge in [0.2, 0.25) is 0 Å². The third-order valence-electron chi connectivity index (χ3n) is 5.76. The number of aldehydes is 1. The number of hydrogen-bond donors (Lipinski definition) is 0. The zero-order chi connectivity index (χ0) is 19.7. The molecular weight excluding hydrogens is 356 g/mol. The molecule has 148 valence electrons. The number of hydrogen-bond acceptors (Lipinski definition) is 5. The highest BCUT2D eigenvalue weighted by Crippen LogP contribution is 2.23. The van der Waals surface area contributed by atoms with Gasteiger partial charge >= 0.3 is 0 Å². The normalized spacial score (nSPS) is 20.4. The standard InChI is InChI=1S/C21H26N4O3/c1-15-11-17(21(28)24-10-6-3-7-16(24)14-26)20-22-18(12-19(27)25(20)13-15)23-8-4-2-5-9-23/h11-14,16H,2-10H2,1H3. The molecule has 4 rings (SSSR count). The number of carbonyl (C=O) groups is 2. The van der Waals surface area contributed by atoms with Crippen molar-refractivity contribution in [3.8, 4) is 0 Å². The summed E-state index contributed by atoms with van der Waals surface area (Å²) in [7, 11) is 0. The number of anilines is 1. The molecule has 28 heavy (non-hydrogen) atoms. The van der Waals surface area contributed by atoms with E-state index in [1.807, 2.05) is 6.92 Å². The van der Waals surface area contributed by atoms with Crippen molar-refractivity contribution in [2.24, 2.45) is 0 Å². The number of nitrogens with zero attached hydrogens (tertiary/aromatic N) is 4. The minimum Gasteiger partial charge on any atom is -0.356 e. The molecule has 2 aromatic heterocycles. The second-order valence-electron chi connectivity index (χ2n) is 7.82. The molecule has 2 saturated heterocycles. The fourth-order valence-electron chi connectivity index (χ4n) is 4.27. The average Bonchev–Trinajstić information content (AvgIpc) is 2.73. The third-order valence-corrected chi connectivity index (χ3v) is 5.76. The van der Waals surface area contributed by atoms with E-state index in [4.69, 9.17) is 4.98 Å². The van der Waals surface area contributed by atoms with Crippen molar-refractivity contribution < 1.29 is 9.59 Å². The predicted octanol–water partition coefficient (Wildman–Crippen LogP) is 2.19. The molecule has 0 radical (unpaired) electrons. The number of aromatic nitrogens is 2. The summed E-state index contributed by atoms with van der Waals surface area (Å²) in [6, 6.07) is 2.93. The van der Waals surface area contributed by atoms with Gasteiger partial charge in [-0.15, -0.1) is 0 Å². The van der Waals surface area contributed by atoms with Crippen LogP contribution in [0, 0.1) is 6.92 Å². The Hall–Kier alpha value is -2.70. The first-order valence-corrected chi connectivity index (χ1v) is 10.1. The van der Waals surface area contributed by atoms with Crippen molar-refractivity contribution in [2.45, 2.75) is 51.5 Å². The largest absolute Gasteiger partial charge is 0.356 e. The number of amides is 1. The maximum atomic E-state index is 13.3. The van der Waals surface area contributed by atoms with E-state index in [-0.39, 0.29) is 11.5 Å². The first kappa shape index (κ1) is 18.7. The topological polar surface area (TPSA) is 75.0 Å². The van der Waals surface area contributed by atoms with Crippen LogP contribution in [0.25, 0.3) is 5.65 Å². The number of rotatable bonds is 3. The molecule has 1 amide bonds. The molecule has 0 aliphatic carbocycles. The second-order valence-corrected chi connectivity index (χ2v) is 7.82. The SMILES string of the molecule is Cc1cc(C(=O)N2CCCCC2C=O)c2nc(N3CCCCC3)cc(=O)n2c1. The summed E-state index contributed by atoms with van der Waals surface area (Å²) in [5.41, 5.74) is 1.39. The highest BCUT2D eigenvalue weighted by Gasteiger charge is 2.29. The van der Waals surface area contributed by atoms with Gasteiger partial charge in [0.15, 0.2) is 5.65 Å². The van der Waals surface area contributed by atoms with Crippen molar-refractivity contribution in [3.05, 3.63) is 39.8 Å². The molecule has 0 spiro atoms. The Morgan fingerprint density at radius 3 is 2.61 bits per heavy atom. The second kappa shape index (κ2) is 7.73. The van der Waals surface area contributed by atoms with Gasteiger partial charge in [-0.05, 0) is 57.1 Å². The quantitative estimate of drug-likeness (QED) is 0.761. The minimum absolute atomic E-state index is 0.186. The van der Waals surface area contributed by atoms with E-state index in [1.54, 1.807) is 23.2 Å². The molecule has 2 fully saturated rings. The van der Waals surface area contributed by atoms with Crippen LogP contribution in [-0.4, -0.2) is 52.2 Å². The van der Waals surface area contributed by atoms with Crippen molar-refractivity contribution in [3.63, 3.8) is 0 Å². The molecule has 1 atom stereocenters. The Balaban J connectivity index is 1.82. The van der Waals surface area contributed by atoms with Crippen LogP contribution in [0.15, 0.2) is 23.1 Å². The van der Waals surface area contributed by atoms with Gasteiger partial charge in [-0.1, -0.05) is 0 Å². The lowest BCUT2D eigenvalue weighted by Gasteiger charge is -2.32. The van der Waals surface area contributed by atoms with Crippen LogP contribution in [0.1, 0.15) is 54.4 Å². The van der Waals surface area contributed by atoms with Crippen molar-refractivity contribution >= 4 is 23.7 Å². The summed E-state index contributed by atoms with van der Waals surface area (Å²) in [6.07, 6.45) is 8.43. The third kappa shape index (κ3) is 3.41. The highest BCUT2D eigenvalue weighted by atomic mass is 16.2. The average molecular weight is 382 g/mol. The summed E-state index contributed by atoms with van der Waals surface area (Å²) in [5, 5.41) is 0. The van der Waals surface area contributed by atoms with Crippen LogP contribution in [0.3, 0.4) is 0 Å². The monoisotopic (exact) mass is 382 g/mol. The lowest BCUT2D eigenvalue weighted by molar-refractivity contribution is -0.112. The Morgan fingerprint density at radius 1 is 1.11 bits per heavy atom. The fourth-order valence-corrected chi connectivity index (χ4v) is 4.27. The number of aryl methyl sites for hydroxylation is 1. The van der Waals surface area contributed by atoms with E-state index < -0.39 is 6.04 Å². The highest BCUT2D eigenvalue weighted by molar-refractivity contribution is 6.01. The van der Waals surface area contributed by atoms with E-state index >= 15 is 0 Å². The fraction of sp³-hybridized carbons (Fsp3) is 0.524. The van der Waals surface area contributed by atoms with Gasteiger partial charge in [0, 0.05) is 31.9 Å². The molecule has 0 aromatic carbocycles. The molecule has 2 aromatic rings. The predicted molar refractivity (Wildman–Crippen MR) is 107 cm³/mol. The van der Waals surface area contributed by atoms with Gasteiger partial charge in [0.25, 0.3) is 11.5 Å². The zero-order valence-electron chi connectivity index (χ0n) is 16.3. The lowest BCUT2D eigenvalue weighted by atomic mass is 10.0. The summed E-state index contributed by atoms with van der Waals surface area (Å²) in [5.74, 6) is 0.411. The van der Waals surface area contributed by atoms with E-state index in [2.05, 4.69) is 4.90 Å². The first-order valence-electron chi connectivity index (χ1n) is 10.1. The molecule has 1 unspecified atom stereocenters. The number of likely N-dealkylation sites (tertiary alicyclic amines) is 1. The summed E-state index contributed by atoms with van der Waals surface area (Å²) in [4.78, 5) is 46.1. The van der Waals surface area contributed by atoms with E-state index in [1.165, 1.54) is 10.8 Å².